The Kier molecular flexibility index (Phi) is 9.24. The van der Waals surface area contributed by atoms with Gasteiger partial charge in [-0.05, 0) is 50.1 Å². The highest BCUT2D eigenvalue weighted by Crippen LogP contribution is 2.19. The number of amides is 2. The van der Waals surface area contributed by atoms with Gasteiger partial charge in [-0.15, -0.1) is 0 Å². The molecule has 0 bridgehead atoms. The predicted molar refractivity (Wildman–Crippen MR) is 126 cm³/mol. The molecular weight excluding hydrogens is 450 g/mol. The molecule has 9 heteroatoms. The molecule has 32 heavy (non-hydrogen) atoms. The smallest absolute Gasteiger partial charge is 0.243 e. The molecule has 1 atom stereocenters. The number of hydrogen-bond acceptors (Lipinski definition) is 4. The average Bonchev–Trinajstić information content (AvgIpc) is 2.75. The second kappa shape index (κ2) is 11.4. The number of halogens is 1. The van der Waals surface area contributed by atoms with Crippen LogP contribution in [0.2, 0.25) is 5.02 Å². The van der Waals surface area contributed by atoms with Crippen molar-refractivity contribution in [1.29, 1.82) is 0 Å². The highest BCUT2D eigenvalue weighted by atomic mass is 35.5. The molecule has 0 unspecified atom stereocenters. The Morgan fingerprint density at radius 1 is 1.03 bits per heavy atom. The summed E-state index contributed by atoms with van der Waals surface area (Å²) in [5, 5.41) is 3.18. The third-order valence-corrected chi connectivity index (χ3v) is 7.16. The number of carbonyl (C=O) groups excluding carboxylic acids is 2. The maximum absolute atomic E-state index is 13.3. The molecule has 2 aromatic carbocycles. The summed E-state index contributed by atoms with van der Waals surface area (Å²) in [5.41, 5.74) is 1.94. The molecule has 1 N–H and O–H groups in total. The van der Waals surface area contributed by atoms with Crippen LogP contribution in [0.15, 0.2) is 53.4 Å². The third kappa shape index (κ3) is 6.54. The zero-order valence-electron chi connectivity index (χ0n) is 18.8. The van der Waals surface area contributed by atoms with Gasteiger partial charge in [0.1, 0.15) is 6.04 Å². The lowest BCUT2D eigenvalue weighted by molar-refractivity contribution is -0.141. The fourth-order valence-corrected chi connectivity index (χ4v) is 4.50. The Labute approximate surface area is 195 Å². The lowest BCUT2D eigenvalue weighted by Gasteiger charge is -2.32. The molecule has 7 nitrogen and oxygen atoms in total. The normalized spacial score (nSPS) is 12.4. The van der Waals surface area contributed by atoms with Crippen molar-refractivity contribution in [2.45, 2.75) is 44.7 Å². The summed E-state index contributed by atoms with van der Waals surface area (Å²) in [6, 6.07) is 12.7. The monoisotopic (exact) mass is 479 g/mol. The van der Waals surface area contributed by atoms with E-state index in [-0.39, 0.29) is 17.3 Å². The van der Waals surface area contributed by atoms with Crippen molar-refractivity contribution < 1.29 is 18.0 Å². The number of sulfonamides is 1. The number of benzene rings is 2. The van der Waals surface area contributed by atoms with Crippen LogP contribution in [-0.4, -0.2) is 55.6 Å². The zero-order chi connectivity index (χ0) is 23.9. The van der Waals surface area contributed by atoms with Gasteiger partial charge in [0.2, 0.25) is 21.8 Å². The van der Waals surface area contributed by atoms with Crippen LogP contribution in [0.1, 0.15) is 31.4 Å². The fourth-order valence-electron chi connectivity index (χ4n) is 3.25. The lowest BCUT2D eigenvalue weighted by Crippen LogP contribution is -2.51. The van der Waals surface area contributed by atoms with E-state index in [2.05, 4.69) is 5.32 Å². The summed E-state index contributed by atoms with van der Waals surface area (Å²) in [6.07, 6.45) is 0.400. The van der Waals surface area contributed by atoms with E-state index in [1.54, 1.807) is 0 Å². The molecule has 2 aromatic rings. The van der Waals surface area contributed by atoms with Crippen molar-refractivity contribution in [2.75, 3.05) is 20.1 Å². The molecule has 0 radical (unpaired) electrons. The van der Waals surface area contributed by atoms with Gasteiger partial charge in [-0.1, -0.05) is 48.4 Å². The summed E-state index contributed by atoms with van der Waals surface area (Å²) >= 11 is 5.85. The first-order valence-corrected chi connectivity index (χ1v) is 12.3. The standard InChI is InChI=1S/C23H30ClN3O4S/c1-5-21(23(29)25-6-2)27(15-18-9-7-17(3)8-10-18)22(28)16-26(4)32(30,31)20-13-11-19(24)12-14-20/h7-14,21H,5-6,15-16H2,1-4H3,(H,25,29)/t21-/m1/s1. The van der Waals surface area contributed by atoms with E-state index < -0.39 is 28.5 Å². The highest BCUT2D eigenvalue weighted by Gasteiger charge is 2.31. The van der Waals surface area contributed by atoms with Gasteiger partial charge in [-0.2, -0.15) is 4.31 Å². The topological polar surface area (TPSA) is 86.8 Å². The Bertz CT molecular complexity index is 1020. The van der Waals surface area contributed by atoms with E-state index in [4.69, 9.17) is 11.6 Å². The quantitative estimate of drug-likeness (QED) is 0.566. The average molecular weight is 480 g/mol. The first-order chi connectivity index (χ1) is 15.1. The van der Waals surface area contributed by atoms with Gasteiger partial charge < -0.3 is 10.2 Å². The summed E-state index contributed by atoms with van der Waals surface area (Å²) in [4.78, 5) is 27.4. The Hall–Kier alpha value is -2.42. The van der Waals surface area contributed by atoms with Gasteiger partial charge in [0.05, 0.1) is 11.4 Å². The molecule has 2 rings (SSSR count). The largest absolute Gasteiger partial charge is 0.355 e. The zero-order valence-corrected chi connectivity index (χ0v) is 20.4. The SMILES string of the molecule is CCNC(=O)[C@@H](CC)N(Cc1ccc(C)cc1)C(=O)CN(C)S(=O)(=O)c1ccc(Cl)cc1. The number of carbonyl (C=O) groups is 2. The van der Waals surface area contributed by atoms with Crippen molar-refractivity contribution in [3.8, 4) is 0 Å². The van der Waals surface area contributed by atoms with Gasteiger partial charge in [-0.25, -0.2) is 8.42 Å². The molecule has 0 saturated carbocycles. The van der Waals surface area contributed by atoms with Crippen molar-refractivity contribution in [1.82, 2.24) is 14.5 Å². The van der Waals surface area contributed by atoms with Crippen LogP contribution in [0.5, 0.6) is 0 Å². The van der Waals surface area contributed by atoms with Crippen LogP contribution in [0.25, 0.3) is 0 Å². The molecule has 174 valence electrons. The second-order valence-electron chi connectivity index (χ2n) is 7.54. The Balaban J connectivity index is 2.30. The van der Waals surface area contributed by atoms with E-state index >= 15 is 0 Å². The number of nitrogens with one attached hydrogen (secondary N) is 1. The maximum Gasteiger partial charge on any atom is 0.243 e. The summed E-state index contributed by atoms with van der Waals surface area (Å²) < 4.78 is 26.8. The molecule has 0 aliphatic carbocycles. The molecule has 0 fully saturated rings. The van der Waals surface area contributed by atoms with Gasteiger partial charge in [0.25, 0.3) is 0 Å². The molecule has 0 saturated heterocycles. The van der Waals surface area contributed by atoms with Gasteiger partial charge in [0.15, 0.2) is 0 Å². The Morgan fingerprint density at radius 3 is 2.16 bits per heavy atom. The summed E-state index contributed by atoms with van der Waals surface area (Å²) in [5.74, 6) is -0.720. The van der Waals surface area contributed by atoms with E-state index in [9.17, 15) is 18.0 Å². The van der Waals surface area contributed by atoms with Crippen molar-refractivity contribution >= 4 is 33.4 Å². The van der Waals surface area contributed by atoms with Crippen molar-refractivity contribution in [3.05, 3.63) is 64.7 Å². The fraction of sp³-hybridized carbons (Fsp3) is 0.391. The summed E-state index contributed by atoms with van der Waals surface area (Å²) in [6.45, 7) is 5.84. The predicted octanol–water partition coefficient (Wildman–Crippen LogP) is 3.21. The van der Waals surface area contributed by atoms with E-state index in [1.165, 1.54) is 36.2 Å². The highest BCUT2D eigenvalue weighted by molar-refractivity contribution is 7.89. The Morgan fingerprint density at radius 2 is 1.62 bits per heavy atom. The second-order valence-corrected chi connectivity index (χ2v) is 10.0. The third-order valence-electron chi connectivity index (χ3n) is 5.09. The van der Waals surface area contributed by atoms with Gasteiger partial charge in [-0.3, -0.25) is 9.59 Å². The molecule has 0 aromatic heterocycles. The van der Waals surface area contributed by atoms with Crippen LogP contribution in [0.3, 0.4) is 0 Å². The number of hydrogen-bond donors (Lipinski definition) is 1. The first kappa shape index (κ1) is 25.8. The minimum absolute atomic E-state index is 0.0399. The molecule has 0 spiro atoms. The van der Waals surface area contributed by atoms with Gasteiger partial charge >= 0.3 is 0 Å². The van der Waals surface area contributed by atoms with Crippen LogP contribution < -0.4 is 5.32 Å². The van der Waals surface area contributed by atoms with Crippen LogP contribution >= 0.6 is 11.6 Å². The lowest BCUT2D eigenvalue weighted by atomic mass is 10.1. The molecule has 0 heterocycles. The van der Waals surface area contributed by atoms with Crippen LogP contribution in [0.4, 0.5) is 0 Å². The van der Waals surface area contributed by atoms with Crippen LogP contribution in [0, 0.1) is 6.92 Å². The number of nitrogens with zero attached hydrogens (tertiary/aromatic N) is 2. The van der Waals surface area contributed by atoms with E-state index in [0.717, 1.165) is 15.4 Å². The van der Waals surface area contributed by atoms with Gasteiger partial charge in [0, 0.05) is 25.2 Å². The summed E-state index contributed by atoms with van der Waals surface area (Å²) in [7, 11) is -2.55. The number of rotatable bonds is 10. The van der Waals surface area contributed by atoms with Crippen LogP contribution in [-0.2, 0) is 26.2 Å². The number of aryl methyl sites for hydroxylation is 1. The molecular formula is C23H30ClN3O4S. The minimum Gasteiger partial charge on any atom is -0.355 e. The number of likely N-dealkylation sites (N-methyl/N-ethyl adjacent to an activating group) is 2. The molecule has 0 aliphatic heterocycles. The van der Waals surface area contributed by atoms with Crippen molar-refractivity contribution in [3.63, 3.8) is 0 Å². The minimum atomic E-state index is -3.90. The van der Waals surface area contributed by atoms with E-state index in [0.29, 0.717) is 18.0 Å². The van der Waals surface area contributed by atoms with Crippen molar-refractivity contribution in [2.24, 2.45) is 0 Å². The first-order valence-electron chi connectivity index (χ1n) is 10.4. The van der Waals surface area contributed by atoms with E-state index in [1.807, 2.05) is 45.0 Å². The maximum atomic E-state index is 13.3. The molecule has 0 aliphatic rings. The molecule has 2 amide bonds.